The molecule has 2 amide bonds. The number of ether oxygens (including phenoxy) is 1. The maximum Gasteiger partial charge on any atom is 0.253 e. The van der Waals surface area contributed by atoms with Crippen LogP contribution in [0, 0.1) is 12.3 Å². The summed E-state index contributed by atoms with van der Waals surface area (Å²) in [5.41, 5.74) is 2.61. The predicted octanol–water partition coefficient (Wildman–Crippen LogP) is 3.27. The molecular formula is C22H24N2O3. The largest absolute Gasteiger partial charge is 0.497 e. The summed E-state index contributed by atoms with van der Waals surface area (Å²) in [4.78, 5) is 29.4. The van der Waals surface area contributed by atoms with Gasteiger partial charge in [-0.25, -0.2) is 0 Å². The van der Waals surface area contributed by atoms with Gasteiger partial charge in [0.1, 0.15) is 5.75 Å². The minimum atomic E-state index is -0.137. The molecule has 2 aliphatic heterocycles. The maximum atomic E-state index is 12.9. The van der Waals surface area contributed by atoms with Gasteiger partial charge in [-0.05, 0) is 49.2 Å². The normalized spacial score (nSPS) is 21.9. The smallest absolute Gasteiger partial charge is 0.253 e. The predicted molar refractivity (Wildman–Crippen MR) is 104 cm³/mol. The van der Waals surface area contributed by atoms with Gasteiger partial charge in [0, 0.05) is 42.7 Å². The third-order valence-corrected chi connectivity index (χ3v) is 5.79. The summed E-state index contributed by atoms with van der Waals surface area (Å²) < 4.78 is 5.16. The quantitative estimate of drug-likeness (QED) is 0.840. The molecule has 5 nitrogen and oxygen atoms in total. The van der Waals surface area contributed by atoms with Crippen molar-refractivity contribution in [2.75, 3.05) is 31.6 Å². The summed E-state index contributed by atoms with van der Waals surface area (Å²) in [5.74, 6) is 0.916. The lowest BCUT2D eigenvalue weighted by atomic mass is 9.86. The zero-order valence-electron chi connectivity index (χ0n) is 15.8. The number of anilines is 1. The zero-order valence-corrected chi connectivity index (χ0v) is 15.8. The van der Waals surface area contributed by atoms with Gasteiger partial charge in [0.2, 0.25) is 5.91 Å². The van der Waals surface area contributed by atoms with E-state index in [1.54, 1.807) is 31.4 Å². The molecule has 0 N–H and O–H groups in total. The number of carbonyl (C=O) groups is 2. The second kappa shape index (κ2) is 6.72. The van der Waals surface area contributed by atoms with Crippen LogP contribution in [0.5, 0.6) is 5.75 Å². The Morgan fingerprint density at radius 1 is 1.07 bits per heavy atom. The van der Waals surface area contributed by atoms with E-state index < -0.39 is 0 Å². The molecule has 0 aliphatic carbocycles. The van der Waals surface area contributed by atoms with Crippen molar-refractivity contribution in [2.24, 2.45) is 5.41 Å². The molecule has 0 saturated carbocycles. The van der Waals surface area contributed by atoms with E-state index >= 15 is 0 Å². The fourth-order valence-corrected chi connectivity index (χ4v) is 4.28. The molecule has 5 heteroatoms. The Balaban J connectivity index is 1.49. The molecule has 2 aliphatic rings. The number of amides is 2. The van der Waals surface area contributed by atoms with Crippen LogP contribution in [0.1, 0.15) is 28.8 Å². The van der Waals surface area contributed by atoms with E-state index in [2.05, 4.69) is 0 Å². The minimum Gasteiger partial charge on any atom is -0.497 e. The highest BCUT2D eigenvalue weighted by molar-refractivity contribution is 5.98. The summed E-state index contributed by atoms with van der Waals surface area (Å²) in [7, 11) is 1.61. The highest BCUT2D eigenvalue weighted by Crippen LogP contribution is 2.42. The summed E-state index contributed by atoms with van der Waals surface area (Å²) in [6.07, 6.45) is 1.37. The second-order valence-electron chi connectivity index (χ2n) is 7.65. The lowest BCUT2D eigenvalue weighted by molar-refractivity contribution is -0.117. The van der Waals surface area contributed by atoms with Gasteiger partial charge in [-0.15, -0.1) is 0 Å². The van der Waals surface area contributed by atoms with Crippen LogP contribution in [0.3, 0.4) is 0 Å². The van der Waals surface area contributed by atoms with Crippen molar-refractivity contribution in [2.45, 2.75) is 19.8 Å². The molecule has 2 fully saturated rings. The van der Waals surface area contributed by atoms with Crippen LogP contribution in [0.15, 0.2) is 48.5 Å². The van der Waals surface area contributed by atoms with E-state index in [9.17, 15) is 9.59 Å². The van der Waals surface area contributed by atoms with Gasteiger partial charge in [0.15, 0.2) is 0 Å². The summed E-state index contributed by atoms with van der Waals surface area (Å²) in [5, 5.41) is 0. The number of carbonyl (C=O) groups excluding carboxylic acids is 2. The number of aryl methyl sites for hydroxylation is 1. The number of para-hydroxylation sites is 1. The van der Waals surface area contributed by atoms with Crippen LogP contribution in [-0.2, 0) is 4.79 Å². The van der Waals surface area contributed by atoms with E-state index in [1.807, 2.05) is 41.0 Å². The first kappa shape index (κ1) is 17.6. The lowest BCUT2D eigenvalue weighted by Crippen LogP contribution is -2.34. The summed E-state index contributed by atoms with van der Waals surface area (Å²) >= 11 is 0. The number of methoxy groups -OCH3 is 1. The van der Waals surface area contributed by atoms with E-state index in [0.29, 0.717) is 31.6 Å². The van der Waals surface area contributed by atoms with Crippen LogP contribution >= 0.6 is 0 Å². The molecule has 1 spiro atoms. The Kier molecular flexibility index (Phi) is 4.38. The topological polar surface area (TPSA) is 49.9 Å². The highest BCUT2D eigenvalue weighted by Gasteiger charge is 2.49. The SMILES string of the molecule is COc1ccc(C(=O)N2CC[C@@]3(CC(=O)N(c4ccccc4C)C3)C2)cc1. The van der Waals surface area contributed by atoms with Gasteiger partial charge in [-0.2, -0.15) is 0 Å². The van der Waals surface area contributed by atoms with Crippen LogP contribution in [0.4, 0.5) is 5.69 Å². The van der Waals surface area contributed by atoms with Crippen LogP contribution in [0.25, 0.3) is 0 Å². The van der Waals surface area contributed by atoms with Gasteiger partial charge in [0.05, 0.1) is 7.11 Å². The van der Waals surface area contributed by atoms with E-state index in [0.717, 1.165) is 23.4 Å². The summed E-state index contributed by atoms with van der Waals surface area (Å²) in [6, 6.07) is 15.2. The minimum absolute atomic E-state index is 0.0244. The average molecular weight is 364 g/mol. The molecule has 0 unspecified atom stereocenters. The number of nitrogens with zero attached hydrogens (tertiary/aromatic N) is 2. The van der Waals surface area contributed by atoms with Gasteiger partial charge in [-0.1, -0.05) is 18.2 Å². The third kappa shape index (κ3) is 3.18. The van der Waals surface area contributed by atoms with Gasteiger partial charge < -0.3 is 14.5 Å². The molecule has 0 bridgehead atoms. The highest BCUT2D eigenvalue weighted by atomic mass is 16.5. The number of hydrogen-bond acceptors (Lipinski definition) is 3. The molecular weight excluding hydrogens is 340 g/mol. The molecule has 2 saturated heterocycles. The van der Waals surface area contributed by atoms with Gasteiger partial charge in [-0.3, -0.25) is 9.59 Å². The van der Waals surface area contributed by atoms with Gasteiger partial charge >= 0.3 is 0 Å². The first-order valence-corrected chi connectivity index (χ1v) is 9.31. The third-order valence-electron chi connectivity index (χ3n) is 5.79. The lowest BCUT2D eigenvalue weighted by Gasteiger charge is -2.25. The van der Waals surface area contributed by atoms with Crippen LogP contribution in [-0.4, -0.2) is 43.5 Å². The number of benzene rings is 2. The molecule has 0 aromatic heterocycles. The molecule has 2 aromatic carbocycles. The van der Waals surface area contributed by atoms with E-state index in [4.69, 9.17) is 4.74 Å². The molecule has 2 aromatic rings. The fraction of sp³-hybridized carbons (Fsp3) is 0.364. The van der Waals surface area contributed by atoms with E-state index in [-0.39, 0.29) is 17.2 Å². The van der Waals surface area contributed by atoms with Crippen molar-refractivity contribution in [3.63, 3.8) is 0 Å². The van der Waals surface area contributed by atoms with Crippen molar-refractivity contribution < 1.29 is 14.3 Å². The first-order valence-electron chi connectivity index (χ1n) is 9.31. The Morgan fingerprint density at radius 3 is 2.52 bits per heavy atom. The van der Waals surface area contributed by atoms with Crippen LogP contribution < -0.4 is 9.64 Å². The van der Waals surface area contributed by atoms with Gasteiger partial charge in [0.25, 0.3) is 5.91 Å². The Morgan fingerprint density at radius 2 is 1.81 bits per heavy atom. The van der Waals surface area contributed by atoms with Crippen LogP contribution in [0.2, 0.25) is 0 Å². The standard InChI is InChI=1S/C22H24N2O3/c1-16-5-3-4-6-19(16)24-15-22(13-20(24)25)11-12-23(14-22)21(26)17-7-9-18(27-2)10-8-17/h3-10H,11-15H2,1-2H3/t22-/m1/s1. The number of likely N-dealkylation sites (tertiary alicyclic amines) is 1. The Hall–Kier alpha value is -2.82. The van der Waals surface area contributed by atoms with Crippen molar-refractivity contribution in [1.29, 1.82) is 0 Å². The fourth-order valence-electron chi connectivity index (χ4n) is 4.28. The average Bonchev–Trinajstić information content (AvgIpc) is 3.24. The number of hydrogen-bond donors (Lipinski definition) is 0. The van der Waals surface area contributed by atoms with E-state index in [1.165, 1.54) is 0 Å². The molecule has 2 heterocycles. The molecule has 1 atom stereocenters. The van der Waals surface area contributed by atoms with Crippen molar-refractivity contribution >= 4 is 17.5 Å². The zero-order chi connectivity index (χ0) is 19.0. The Bertz CT molecular complexity index is 877. The maximum absolute atomic E-state index is 12.9. The summed E-state index contributed by atoms with van der Waals surface area (Å²) in [6.45, 7) is 4.04. The van der Waals surface area contributed by atoms with Crippen molar-refractivity contribution in [3.05, 3.63) is 59.7 Å². The molecule has 27 heavy (non-hydrogen) atoms. The first-order chi connectivity index (χ1) is 13.0. The second-order valence-corrected chi connectivity index (χ2v) is 7.65. The number of rotatable bonds is 3. The monoisotopic (exact) mass is 364 g/mol. The molecule has 0 radical (unpaired) electrons. The Labute approximate surface area is 159 Å². The van der Waals surface area contributed by atoms with Crippen molar-refractivity contribution in [1.82, 2.24) is 4.90 Å². The van der Waals surface area contributed by atoms with Crippen molar-refractivity contribution in [3.8, 4) is 5.75 Å². The molecule has 4 rings (SSSR count). The molecule has 140 valence electrons.